The van der Waals surface area contributed by atoms with E-state index in [9.17, 15) is 14.7 Å². The van der Waals surface area contributed by atoms with Crippen LogP contribution in [0.5, 0.6) is 0 Å². The normalized spacial score (nSPS) is 31.6. The Morgan fingerprint density at radius 1 is 1.37 bits per heavy atom. The molecule has 0 aliphatic carbocycles. The fourth-order valence-corrected chi connectivity index (χ4v) is 3.76. The largest absolute Gasteiger partial charge is 0.480 e. The maximum absolute atomic E-state index is 12.4. The van der Waals surface area contributed by atoms with Gasteiger partial charge in [-0.2, -0.15) is 11.8 Å². The van der Waals surface area contributed by atoms with Gasteiger partial charge in [0.2, 0.25) is 0 Å². The summed E-state index contributed by atoms with van der Waals surface area (Å²) >= 11 is 1.86. The molecule has 2 N–H and O–H groups in total. The molecule has 108 valence electrons. The highest BCUT2D eigenvalue weighted by Crippen LogP contribution is 2.25. The summed E-state index contributed by atoms with van der Waals surface area (Å²) in [7, 11) is 0. The van der Waals surface area contributed by atoms with Crippen LogP contribution in [0.4, 0.5) is 4.79 Å². The Morgan fingerprint density at radius 3 is 2.74 bits per heavy atom. The summed E-state index contributed by atoms with van der Waals surface area (Å²) in [5, 5.41) is 19.1. The first-order chi connectivity index (χ1) is 9.02. The summed E-state index contributed by atoms with van der Waals surface area (Å²) in [6, 6.07) is -1.14. The number of hydrogen-bond donors (Lipinski definition) is 2. The number of aliphatic hydroxyl groups excluding tert-OH is 1. The number of hydrogen-bond acceptors (Lipinski definition) is 4. The fraction of sp³-hybridized carbons (Fsp3) is 0.833. The van der Waals surface area contributed by atoms with E-state index >= 15 is 0 Å². The third-order valence-electron chi connectivity index (χ3n) is 3.67. The van der Waals surface area contributed by atoms with Gasteiger partial charge in [0.25, 0.3) is 0 Å². The third kappa shape index (κ3) is 3.14. The van der Waals surface area contributed by atoms with E-state index in [0.717, 1.165) is 12.2 Å². The van der Waals surface area contributed by atoms with Crippen LogP contribution in [-0.2, 0) is 4.79 Å². The predicted molar refractivity (Wildman–Crippen MR) is 72.3 cm³/mol. The van der Waals surface area contributed by atoms with Crippen LogP contribution in [0.25, 0.3) is 0 Å². The number of carbonyl (C=O) groups is 2. The Hall–Kier alpha value is -0.950. The molecule has 0 saturated carbocycles. The number of thioether (sulfide) groups is 1. The lowest BCUT2D eigenvalue weighted by atomic mass is 10.2. The molecule has 6 nitrogen and oxygen atoms in total. The summed E-state index contributed by atoms with van der Waals surface area (Å²) in [6.07, 6.45) is 0.395. The Morgan fingerprint density at radius 2 is 2.11 bits per heavy atom. The number of amides is 2. The second kappa shape index (κ2) is 6.00. The third-order valence-corrected chi connectivity index (χ3v) is 5.05. The van der Waals surface area contributed by atoms with E-state index in [1.54, 1.807) is 4.90 Å². The molecule has 0 bridgehead atoms. The molecule has 2 saturated heterocycles. The van der Waals surface area contributed by atoms with Crippen LogP contribution in [0.3, 0.4) is 0 Å². The topological polar surface area (TPSA) is 81.1 Å². The Kier molecular flexibility index (Phi) is 4.57. The van der Waals surface area contributed by atoms with Gasteiger partial charge in [-0.1, -0.05) is 6.92 Å². The van der Waals surface area contributed by atoms with Crippen molar-refractivity contribution in [2.75, 3.05) is 25.4 Å². The number of nitrogens with zero attached hydrogens (tertiary/aromatic N) is 2. The molecular weight excluding hydrogens is 268 g/mol. The SMILES string of the molecule is CCC1CN(C(=O)N2CC(O)C[C@H]2C(=O)O)CCS1. The molecule has 2 aliphatic rings. The standard InChI is InChI=1S/C12H20N2O4S/c1-2-9-7-13(3-4-19-9)12(18)14-6-8(15)5-10(14)11(16)17/h8-10,15H,2-7H2,1H3,(H,16,17)/t8?,9?,10-/m0/s1. The number of aliphatic hydroxyl groups is 1. The van der Waals surface area contributed by atoms with Crippen molar-refractivity contribution in [2.24, 2.45) is 0 Å². The molecule has 2 amide bonds. The Labute approximate surface area is 116 Å². The lowest BCUT2D eigenvalue weighted by molar-refractivity contribution is -0.141. The van der Waals surface area contributed by atoms with Crippen LogP contribution < -0.4 is 0 Å². The number of carboxylic acids is 1. The van der Waals surface area contributed by atoms with Crippen molar-refractivity contribution in [1.82, 2.24) is 9.80 Å². The van der Waals surface area contributed by atoms with Crippen molar-refractivity contribution in [1.29, 1.82) is 0 Å². The summed E-state index contributed by atoms with van der Waals surface area (Å²) in [6.45, 7) is 3.53. The maximum atomic E-state index is 12.4. The lowest BCUT2D eigenvalue weighted by Gasteiger charge is -2.35. The zero-order chi connectivity index (χ0) is 14.0. The number of likely N-dealkylation sites (tertiary alicyclic amines) is 1. The molecule has 7 heteroatoms. The van der Waals surface area contributed by atoms with Gasteiger partial charge in [-0.05, 0) is 6.42 Å². The molecule has 2 heterocycles. The number of β-amino-alcohol motifs (C(OH)–C–C–N with tert-alkyl or cyclic N) is 1. The molecule has 0 aromatic carbocycles. The number of carboxylic acid groups (broad SMARTS) is 1. The second-order valence-electron chi connectivity index (χ2n) is 5.03. The van der Waals surface area contributed by atoms with Gasteiger partial charge >= 0.3 is 12.0 Å². The van der Waals surface area contributed by atoms with Crippen LogP contribution in [0.1, 0.15) is 19.8 Å². The minimum atomic E-state index is -1.04. The van der Waals surface area contributed by atoms with Gasteiger partial charge in [-0.3, -0.25) is 0 Å². The van der Waals surface area contributed by atoms with Crippen LogP contribution >= 0.6 is 11.8 Å². The Bertz CT molecular complexity index is 366. The van der Waals surface area contributed by atoms with Crippen LogP contribution in [-0.4, -0.2) is 74.8 Å². The average molecular weight is 288 g/mol. The van der Waals surface area contributed by atoms with E-state index in [0.29, 0.717) is 18.3 Å². The van der Waals surface area contributed by atoms with E-state index in [1.165, 1.54) is 4.90 Å². The zero-order valence-electron chi connectivity index (χ0n) is 11.0. The lowest BCUT2D eigenvalue weighted by Crippen LogP contribution is -2.51. The minimum Gasteiger partial charge on any atom is -0.480 e. The monoisotopic (exact) mass is 288 g/mol. The number of rotatable bonds is 2. The molecule has 3 atom stereocenters. The average Bonchev–Trinajstić information content (AvgIpc) is 2.80. The molecule has 2 rings (SSSR count). The summed E-state index contributed by atoms with van der Waals surface area (Å²) in [5.41, 5.74) is 0. The van der Waals surface area contributed by atoms with Crippen molar-refractivity contribution in [3.63, 3.8) is 0 Å². The smallest absolute Gasteiger partial charge is 0.326 e. The van der Waals surface area contributed by atoms with Crippen molar-refractivity contribution < 1.29 is 19.8 Å². The number of aliphatic carboxylic acids is 1. The van der Waals surface area contributed by atoms with Crippen molar-refractivity contribution in [3.05, 3.63) is 0 Å². The molecule has 2 aliphatic heterocycles. The predicted octanol–water partition coefficient (Wildman–Crippen LogP) is 0.454. The van der Waals surface area contributed by atoms with Crippen molar-refractivity contribution in [3.8, 4) is 0 Å². The summed E-state index contributed by atoms with van der Waals surface area (Å²) in [4.78, 5) is 26.6. The van der Waals surface area contributed by atoms with Crippen LogP contribution in [0, 0.1) is 0 Å². The van der Waals surface area contributed by atoms with Crippen LogP contribution in [0.15, 0.2) is 0 Å². The molecule has 0 aromatic rings. The van der Waals surface area contributed by atoms with Gasteiger partial charge in [0.1, 0.15) is 6.04 Å². The second-order valence-corrected chi connectivity index (χ2v) is 6.43. The van der Waals surface area contributed by atoms with E-state index < -0.39 is 18.1 Å². The van der Waals surface area contributed by atoms with E-state index in [-0.39, 0.29) is 19.0 Å². The van der Waals surface area contributed by atoms with Crippen molar-refractivity contribution >= 4 is 23.8 Å². The summed E-state index contributed by atoms with van der Waals surface area (Å²) < 4.78 is 0. The molecule has 0 spiro atoms. The van der Waals surface area contributed by atoms with Gasteiger partial charge in [-0.15, -0.1) is 0 Å². The summed E-state index contributed by atoms with van der Waals surface area (Å²) in [5.74, 6) is -0.151. The molecule has 19 heavy (non-hydrogen) atoms. The first-order valence-electron chi connectivity index (χ1n) is 6.61. The number of urea groups is 1. The molecule has 2 fully saturated rings. The minimum absolute atomic E-state index is 0.121. The first kappa shape index (κ1) is 14.5. The number of carbonyl (C=O) groups excluding carboxylic acids is 1. The molecular formula is C12H20N2O4S. The highest BCUT2D eigenvalue weighted by molar-refractivity contribution is 8.00. The highest BCUT2D eigenvalue weighted by atomic mass is 32.2. The highest BCUT2D eigenvalue weighted by Gasteiger charge is 2.41. The van der Waals surface area contributed by atoms with Gasteiger partial charge in [-0.25, -0.2) is 9.59 Å². The van der Waals surface area contributed by atoms with Gasteiger partial charge < -0.3 is 20.0 Å². The van der Waals surface area contributed by atoms with E-state index in [1.807, 2.05) is 11.8 Å². The van der Waals surface area contributed by atoms with E-state index in [2.05, 4.69) is 6.92 Å². The first-order valence-corrected chi connectivity index (χ1v) is 7.65. The molecule has 0 radical (unpaired) electrons. The van der Waals surface area contributed by atoms with E-state index in [4.69, 9.17) is 5.11 Å². The molecule has 0 aromatic heterocycles. The fourth-order valence-electron chi connectivity index (χ4n) is 2.58. The van der Waals surface area contributed by atoms with Gasteiger partial charge in [0, 0.05) is 37.1 Å². The van der Waals surface area contributed by atoms with Crippen molar-refractivity contribution in [2.45, 2.75) is 37.2 Å². The van der Waals surface area contributed by atoms with Gasteiger partial charge in [0.05, 0.1) is 6.10 Å². The van der Waals surface area contributed by atoms with Gasteiger partial charge in [0.15, 0.2) is 0 Å². The maximum Gasteiger partial charge on any atom is 0.326 e. The molecule has 2 unspecified atom stereocenters. The Balaban J connectivity index is 2.03. The van der Waals surface area contributed by atoms with Crippen LogP contribution in [0.2, 0.25) is 0 Å². The zero-order valence-corrected chi connectivity index (χ0v) is 11.8. The quantitative estimate of drug-likeness (QED) is 0.771.